The average Bonchev–Trinajstić information content (AvgIpc) is 3.32. The van der Waals surface area contributed by atoms with E-state index in [1.54, 1.807) is 12.1 Å². The van der Waals surface area contributed by atoms with Gasteiger partial charge in [0.2, 0.25) is 6.04 Å². The van der Waals surface area contributed by atoms with Crippen molar-refractivity contribution in [2.75, 3.05) is 0 Å². The molecule has 0 saturated heterocycles. The van der Waals surface area contributed by atoms with Gasteiger partial charge < -0.3 is 4.57 Å². The third-order valence-electron chi connectivity index (χ3n) is 3.96. The number of pyridine rings is 1. The van der Waals surface area contributed by atoms with Gasteiger partial charge in [-0.1, -0.05) is 35.9 Å². The fourth-order valence-corrected chi connectivity index (χ4v) is 2.47. The summed E-state index contributed by atoms with van der Waals surface area (Å²) in [6.45, 7) is 2.62. The predicted molar refractivity (Wildman–Crippen MR) is 84.2 cm³/mol. The van der Waals surface area contributed by atoms with Crippen LogP contribution < -0.4 is 5.49 Å². The highest BCUT2D eigenvalue weighted by Crippen LogP contribution is 2.33. The van der Waals surface area contributed by atoms with Crippen molar-refractivity contribution < 1.29 is 9.72 Å². The number of amides is 1. The second-order valence-corrected chi connectivity index (χ2v) is 5.82. The van der Waals surface area contributed by atoms with Gasteiger partial charge in [0.05, 0.1) is 0 Å². The largest absolute Gasteiger partial charge is 0.328 e. The zero-order chi connectivity index (χ0) is 16.4. The van der Waals surface area contributed by atoms with E-state index in [0.717, 1.165) is 5.56 Å². The summed E-state index contributed by atoms with van der Waals surface area (Å²) in [5.41, 5.74) is 2.81. The molecule has 23 heavy (non-hydrogen) atoms. The second-order valence-electron chi connectivity index (χ2n) is 5.82. The molecule has 2 atom stereocenters. The summed E-state index contributed by atoms with van der Waals surface area (Å²) < 4.78 is 1.87. The van der Waals surface area contributed by atoms with Gasteiger partial charge in [-0.25, -0.2) is 0 Å². The molecule has 1 fully saturated rings. The van der Waals surface area contributed by atoms with E-state index >= 15 is 0 Å². The van der Waals surface area contributed by atoms with Crippen molar-refractivity contribution >= 4 is 5.91 Å². The Hall–Kier alpha value is -2.76. The summed E-state index contributed by atoms with van der Waals surface area (Å²) in [6.07, 6.45) is 2.14. The summed E-state index contributed by atoms with van der Waals surface area (Å²) in [4.78, 5) is 26.4. The van der Waals surface area contributed by atoms with Crippen molar-refractivity contribution in [3.8, 4) is 0 Å². The zero-order valence-electron chi connectivity index (χ0n) is 12.8. The summed E-state index contributed by atoms with van der Waals surface area (Å²) in [5, 5.41) is 10.7. The third kappa shape index (κ3) is 3.53. The molecule has 0 N–H and O–H groups in total. The monoisotopic (exact) mass is 311 g/mol. The molecule has 6 heteroatoms. The Balaban J connectivity index is 1.83. The van der Waals surface area contributed by atoms with E-state index in [4.69, 9.17) is 0 Å². The van der Waals surface area contributed by atoms with Crippen LogP contribution in [0.15, 0.2) is 53.7 Å². The van der Waals surface area contributed by atoms with Gasteiger partial charge in [-0.2, -0.15) is 4.99 Å². The van der Waals surface area contributed by atoms with Crippen LogP contribution >= 0.6 is 0 Å². The number of carbonyl (C=O) groups excluding carboxylic acids is 1. The van der Waals surface area contributed by atoms with Gasteiger partial charge in [-0.15, -0.1) is 0 Å². The smallest absolute Gasteiger partial charge is 0.257 e. The van der Waals surface area contributed by atoms with E-state index in [2.05, 4.69) is 4.99 Å². The van der Waals surface area contributed by atoms with Crippen LogP contribution in [0.25, 0.3) is 0 Å². The van der Waals surface area contributed by atoms with Crippen molar-refractivity contribution in [2.24, 2.45) is 10.9 Å². The number of aryl methyl sites for hydroxylation is 1. The van der Waals surface area contributed by atoms with Gasteiger partial charge in [0.1, 0.15) is 11.4 Å². The van der Waals surface area contributed by atoms with E-state index in [9.17, 15) is 14.9 Å². The average molecular weight is 311 g/mol. The van der Waals surface area contributed by atoms with Crippen molar-refractivity contribution in [3.05, 3.63) is 75.4 Å². The van der Waals surface area contributed by atoms with E-state index in [0.29, 0.717) is 18.5 Å². The van der Waals surface area contributed by atoms with Gasteiger partial charge in [0.15, 0.2) is 0 Å². The molecule has 0 radical (unpaired) electrons. The lowest BCUT2D eigenvalue weighted by molar-refractivity contribution is -0.497. The van der Waals surface area contributed by atoms with Crippen molar-refractivity contribution in [2.45, 2.75) is 25.9 Å². The molecular formula is C17H17N3O3. The molecule has 1 aromatic heterocycles. The van der Waals surface area contributed by atoms with E-state index < -0.39 is 22.8 Å². The highest BCUT2D eigenvalue weighted by Gasteiger charge is 2.53. The molecule has 1 aliphatic carbocycles. The summed E-state index contributed by atoms with van der Waals surface area (Å²) >= 11 is 0. The molecule has 6 nitrogen and oxygen atoms in total. The van der Waals surface area contributed by atoms with Crippen LogP contribution in [-0.4, -0.2) is 21.4 Å². The molecule has 2 aromatic rings. The van der Waals surface area contributed by atoms with E-state index in [1.165, 1.54) is 5.56 Å². The molecule has 3 rings (SSSR count). The van der Waals surface area contributed by atoms with Crippen LogP contribution in [0, 0.1) is 23.0 Å². The minimum absolute atomic E-state index is 0.292. The van der Waals surface area contributed by atoms with E-state index in [-0.39, 0.29) is 0 Å². The van der Waals surface area contributed by atoms with Crippen LogP contribution in [0.1, 0.15) is 17.5 Å². The fourth-order valence-electron chi connectivity index (χ4n) is 2.47. The molecular weight excluding hydrogens is 294 g/mol. The molecule has 0 spiro atoms. The standard InChI is InChI=1S/C17H17N3O3/c1-12-5-7-13(8-6-12)11-19-9-3-2-4-16(19)18-17(21)14-10-15(14)20(22)23/h2-9,14-15H,10-11H2,1H3/t14-,15+/m1/s1. The Morgan fingerprint density at radius 1 is 1.30 bits per heavy atom. The number of hydrogen-bond acceptors (Lipinski definition) is 3. The lowest BCUT2D eigenvalue weighted by Gasteiger charge is -2.07. The Kier molecular flexibility index (Phi) is 4.06. The van der Waals surface area contributed by atoms with Crippen LogP contribution in [0.5, 0.6) is 0 Å². The number of nitrogens with zero attached hydrogens (tertiary/aromatic N) is 3. The number of aromatic nitrogens is 1. The normalized spacial score (nSPS) is 20.3. The molecule has 1 amide bonds. The lowest BCUT2D eigenvalue weighted by atomic mass is 10.1. The third-order valence-corrected chi connectivity index (χ3v) is 3.96. The topological polar surface area (TPSA) is 77.5 Å². The summed E-state index contributed by atoms with van der Waals surface area (Å²) in [6, 6.07) is 12.8. The van der Waals surface area contributed by atoms with Crippen molar-refractivity contribution in [1.29, 1.82) is 0 Å². The summed E-state index contributed by atoms with van der Waals surface area (Å²) in [7, 11) is 0. The first kappa shape index (κ1) is 15.1. The van der Waals surface area contributed by atoms with Gasteiger partial charge >= 0.3 is 0 Å². The predicted octanol–water partition coefficient (Wildman–Crippen LogP) is 1.94. The van der Waals surface area contributed by atoms with Crippen molar-refractivity contribution in [3.63, 3.8) is 0 Å². The van der Waals surface area contributed by atoms with Crippen LogP contribution in [0.2, 0.25) is 0 Å². The Bertz CT molecular complexity index is 808. The Morgan fingerprint density at radius 3 is 2.70 bits per heavy atom. The maximum absolute atomic E-state index is 12.1. The van der Waals surface area contributed by atoms with Gasteiger partial charge in [0, 0.05) is 24.1 Å². The summed E-state index contributed by atoms with van der Waals surface area (Å²) in [5.74, 6) is -0.978. The number of rotatable bonds is 4. The van der Waals surface area contributed by atoms with Crippen molar-refractivity contribution in [1.82, 2.24) is 4.57 Å². The highest BCUT2D eigenvalue weighted by molar-refractivity contribution is 5.82. The molecule has 1 heterocycles. The zero-order valence-corrected chi connectivity index (χ0v) is 12.8. The number of benzene rings is 1. The lowest BCUT2D eigenvalue weighted by Crippen LogP contribution is -2.23. The molecule has 0 bridgehead atoms. The number of hydrogen-bond donors (Lipinski definition) is 0. The quantitative estimate of drug-likeness (QED) is 0.639. The number of nitro groups is 1. The maximum Gasteiger partial charge on any atom is 0.257 e. The van der Waals surface area contributed by atoms with Gasteiger partial charge in [-0.3, -0.25) is 14.9 Å². The minimum atomic E-state index is -0.763. The molecule has 1 aromatic carbocycles. The second kappa shape index (κ2) is 6.16. The molecule has 0 unspecified atom stereocenters. The van der Waals surface area contributed by atoms with Crippen LogP contribution in [0.4, 0.5) is 0 Å². The molecule has 0 aliphatic heterocycles. The first-order chi connectivity index (χ1) is 11.0. The van der Waals surface area contributed by atoms with Crippen LogP contribution in [-0.2, 0) is 11.3 Å². The molecule has 1 aliphatic rings. The van der Waals surface area contributed by atoms with E-state index in [1.807, 2.05) is 48.0 Å². The number of carbonyl (C=O) groups is 1. The molecule has 118 valence electrons. The first-order valence-electron chi connectivity index (χ1n) is 7.47. The van der Waals surface area contributed by atoms with Gasteiger partial charge in [-0.05, 0) is 24.6 Å². The minimum Gasteiger partial charge on any atom is -0.328 e. The fraction of sp³-hybridized carbons (Fsp3) is 0.294. The Morgan fingerprint density at radius 2 is 2.04 bits per heavy atom. The highest BCUT2D eigenvalue weighted by atomic mass is 16.6. The molecule has 1 saturated carbocycles. The first-order valence-corrected chi connectivity index (χ1v) is 7.47. The Labute approximate surface area is 133 Å². The SMILES string of the molecule is Cc1ccc(Cn2ccccc2=NC(=O)[C@@H]2C[C@@H]2[N+](=O)[O-])cc1. The maximum atomic E-state index is 12.1. The van der Waals surface area contributed by atoms with Gasteiger partial charge in [0.25, 0.3) is 5.91 Å². The van der Waals surface area contributed by atoms with Crippen LogP contribution in [0.3, 0.4) is 0 Å².